The van der Waals surface area contributed by atoms with Crippen molar-refractivity contribution < 1.29 is 14.8 Å². The van der Waals surface area contributed by atoms with E-state index in [0.29, 0.717) is 18.8 Å². The molecule has 1 fully saturated rings. The first-order chi connectivity index (χ1) is 9.02. The van der Waals surface area contributed by atoms with E-state index in [0.717, 1.165) is 6.42 Å². The lowest BCUT2D eigenvalue weighted by Gasteiger charge is -2.18. The normalized spacial score (nSPS) is 18.6. The molecule has 0 aliphatic carbocycles. The summed E-state index contributed by atoms with van der Waals surface area (Å²) in [7, 11) is 0. The number of aliphatic hydroxyl groups excluding tert-OH is 1. The molecule has 1 aliphatic rings. The van der Waals surface area contributed by atoms with Gasteiger partial charge in [-0.1, -0.05) is 0 Å². The van der Waals surface area contributed by atoms with Crippen molar-refractivity contribution >= 4 is 17.3 Å². The van der Waals surface area contributed by atoms with Gasteiger partial charge in [0.15, 0.2) is 0 Å². The Bertz CT molecular complexity index is 518. The zero-order chi connectivity index (χ0) is 14.0. The Balaban J connectivity index is 2.38. The van der Waals surface area contributed by atoms with Crippen molar-refractivity contribution in [1.29, 1.82) is 0 Å². The van der Waals surface area contributed by atoms with Gasteiger partial charge in [-0.05, 0) is 18.6 Å². The third-order valence-electron chi connectivity index (χ3n) is 3.34. The maximum absolute atomic E-state index is 11.2. The van der Waals surface area contributed by atoms with Gasteiger partial charge in [-0.25, -0.2) is 0 Å². The molecule has 0 aromatic heterocycles. The van der Waals surface area contributed by atoms with E-state index in [4.69, 9.17) is 10.8 Å². The molecule has 0 saturated carbocycles. The fraction of sp³-hybridized carbons (Fsp3) is 0.417. The predicted octanol–water partition coefficient (Wildman–Crippen LogP) is 0.512. The van der Waals surface area contributed by atoms with Gasteiger partial charge in [-0.15, -0.1) is 0 Å². The van der Waals surface area contributed by atoms with Crippen LogP contribution in [0.1, 0.15) is 16.8 Å². The number of primary amides is 1. The number of nitro groups is 1. The Labute approximate surface area is 109 Å². The summed E-state index contributed by atoms with van der Waals surface area (Å²) in [5.74, 6) is -0.508. The molecule has 7 nitrogen and oxygen atoms in total. The van der Waals surface area contributed by atoms with Crippen LogP contribution in [-0.2, 0) is 0 Å². The van der Waals surface area contributed by atoms with E-state index in [2.05, 4.69) is 0 Å². The number of hydrogen-bond donors (Lipinski definition) is 2. The number of rotatable bonds is 4. The van der Waals surface area contributed by atoms with Crippen molar-refractivity contribution in [3.8, 4) is 0 Å². The fourth-order valence-corrected chi connectivity index (χ4v) is 2.28. The van der Waals surface area contributed by atoms with Crippen LogP contribution in [0.5, 0.6) is 0 Å². The topological polar surface area (TPSA) is 110 Å². The fourth-order valence-electron chi connectivity index (χ4n) is 2.28. The van der Waals surface area contributed by atoms with E-state index in [9.17, 15) is 14.9 Å². The first kappa shape index (κ1) is 13.3. The van der Waals surface area contributed by atoms with Crippen molar-refractivity contribution in [3.63, 3.8) is 0 Å². The van der Waals surface area contributed by atoms with Crippen molar-refractivity contribution in [2.45, 2.75) is 6.42 Å². The van der Waals surface area contributed by atoms with Crippen LogP contribution in [0.15, 0.2) is 18.2 Å². The Morgan fingerprint density at radius 1 is 1.58 bits per heavy atom. The van der Waals surface area contributed by atoms with Gasteiger partial charge < -0.3 is 15.7 Å². The lowest BCUT2D eigenvalue weighted by atomic mass is 10.1. The molecular weight excluding hydrogens is 250 g/mol. The minimum absolute atomic E-state index is 0.0522. The van der Waals surface area contributed by atoms with Crippen LogP contribution in [0.4, 0.5) is 11.4 Å². The molecule has 2 rings (SSSR count). The molecule has 19 heavy (non-hydrogen) atoms. The Morgan fingerprint density at radius 2 is 2.32 bits per heavy atom. The van der Waals surface area contributed by atoms with Gasteiger partial charge in [0, 0.05) is 37.2 Å². The zero-order valence-corrected chi connectivity index (χ0v) is 10.3. The first-order valence-corrected chi connectivity index (χ1v) is 5.97. The van der Waals surface area contributed by atoms with Gasteiger partial charge >= 0.3 is 0 Å². The molecule has 7 heteroatoms. The van der Waals surface area contributed by atoms with Crippen LogP contribution in [0.25, 0.3) is 0 Å². The number of aliphatic hydroxyl groups is 1. The molecule has 1 unspecified atom stereocenters. The van der Waals surface area contributed by atoms with Crippen molar-refractivity contribution in [2.24, 2.45) is 11.7 Å². The minimum Gasteiger partial charge on any atom is -0.396 e. The summed E-state index contributed by atoms with van der Waals surface area (Å²) in [5, 5.41) is 20.1. The quantitative estimate of drug-likeness (QED) is 0.609. The van der Waals surface area contributed by atoms with Crippen molar-refractivity contribution in [2.75, 3.05) is 24.6 Å². The lowest BCUT2D eigenvalue weighted by Crippen LogP contribution is -2.22. The Kier molecular flexibility index (Phi) is 3.66. The molecule has 0 spiro atoms. The van der Waals surface area contributed by atoms with Crippen LogP contribution in [0.2, 0.25) is 0 Å². The lowest BCUT2D eigenvalue weighted by molar-refractivity contribution is -0.384. The number of amides is 1. The second kappa shape index (κ2) is 5.23. The van der Waals surface area contributed by atoms with Gasteiger partial charge in [0.05, 0.1) is 4.92 Å². The van der Waals surface area contributed by atoms with E-state index >= 15 is 0 Å². The summed E-state index contributed by atoms with van der Waals surface area (Å²) >= 11 is 0. The number of carbonyl (C=O) groups is 1. The Hall–Kier alpha value is -2.15. The standard InChI is InChI=1S/C12H15N3O4/c13-12(17)9-1-2-10(15(18)19)11(5-9)14-4-3-8(6-14)7-16/h1-2,5,8,16H,3-4,6-7H2,(H2,13,17). The average molecular weight is 265 g/mol. The molecular formula is C12H15N3O4. The smallest absolute Gasteiger partial charge is 0.292 e. The van der Waals surface area contributed by atoms with E-state index in [1.807, 2.05) is 4.90 Å². The highest BCUT2D eigenvalue weighted by Gasteiger charge is 2.27. The maximum atomic E-state index is 11.2. The summed E-state index contributed by atoms with van der Waals surface area (Å²) in [4.78, 5) is 23.5. The van der Waals surface area contributed by atoms with E-state index in [1.54, 1.807) is 0 Å². The highest BCUT2D eigenvalue weighted by atomic mass is 16.6. The van der Waals surface area contributed by atoms with Gasteiger partial charge in [0.1, 0.15) is 5.69 Å². The molecule has 1 aliphatic heterocycles. The number of hydrogen-bond acceptors (Lipinski definition) is 5. The summed E-state index contributed by atoms with van der Waals surface area (Å²) in [6, 6.07) is 4.09. The maximum Gasteiger partial charge on any atom is 0.292 e. The van der Waals surface area contributed by atoms with Crippen molar-refractivity contribution in [3.05, 3.63) is 33.9 Å². The number of nitrogens with zero attached hydrogens (tertiary/aromatic N) is 2. The largest absolute Gasteiger partial charge is 0.396 e. The molecule has 1 aromatic rings. The van der Waals surface area contributed by atoms with Crippen LogP contribution < -0.4 is 10.6 Å². The van der Waals surface area contributed by atoms with Gasteiger partial charge in [0.2, 0.25) is 5.91 Å². The van der Waals surface area contributed by atoms with Crippen LogP contribution in [0.3, 0.4) is 0 Å². The molecule has 1 heterocycles. The summed E-state index contributed by atoms with van der Waals surface area (Å²) in [5.41, 5.74) is 5.77. The molecule has 1 saturated heterocycles. The molecule has 1 aromatic carbocycles. The molecule has 102 valence electrons. The molecule has 0 radical (unpaired) electrons. The van der Waals surface area contributed by atoms with E-state index in [1.165, 1.54) is 18.2 Å². The molecule has 1 amide bonds. The molecule has 0 bridgehead atoms. The monoisotopic (exact) mass is 265 g/mol. The summed E-state index contributed by atoms with van der Waals surface area (Å²) < 4.78 is 0. The number of benzene rings is 1. The summed E-state index contributed by atoms with van der Waals surface area (Å²) in [6.45, 7) is 1.22. The van der Waals surface area contributed by atoms with Gasteiger partial charge in [-0.3, -0.25) is 14.9 Å². The number of nitrogens with two attached hydrogens (primary N) is 1. The second-order valence-corrected chi connectivity index (χ2v) is 4.61. The highest BCUT2D eigenvalue weighted by Crippen LogP contribution is 2.32. The number of nitro benzene ring substituents is 1. The first-order valence-electron chi connectivity index (χ1n) is 5.97. The average Bonchev–Trinajstić information content (AvgIpc) is 2.86. The van der Waals surface area contributed by atoms with Gasteiger partial charge in [0.25, 0.3) is 5.69 Å². The highest BCUT2D eigenvalue weighted by molar-refractivity contribution is 5.94. The minimum atomic E-state index is -0.617. The summed E-state index contributed by atoms with van der Waals surface area (Å²) in [6.07, 6.45) is 0.772. The molecule has 1 atom stereocenters. The van der Waals surface area contributed by atoms with E-state index < -0.39 is 10.8 Å². The third-order valence-corrected chi connectivity index (χ3v) is 3.34. The second-order valence-electron chi connectivity index (χ2n) is 4.61. The zero-order valence-electron chi connectivity index (χ0n) is 10.3. The van der Waals surface area contributed by atoms with Crippen LogP contribution >= 0.6 is 0 Å². The molecule has 3 N–H and O–H groups in total. The van der Waals surface area contributed by atoms with Crippen molar-refractivity contribution in [1.82, 2.24) is 0 Å². The van der Waals surface area contributed by atoms with Gasteiger partial charge in [-0.2, -0.15) is 0 Å². The number of carbonyl (C=O) groups excluding carboxylic acids is 1. The van der Waals surface area contributed by atoms with Crippen LogP contribution in [-0.4, -0.2) is 35.6 Å². The Morgan fingerprint density at radius 3 is 2.84 bits per heavy atom. The van der Waals surface area contributed by atoms with E-state index in [-0.39, 0.29) is 23.8 Å². The SMILES string of the molecule is NC(=O)c1ccc([N+](=O)[O-])c(N2CCC(CO)C2)c1. The predicted molar refractivity (Wildman–Crippen MR) is 69.0 cm³/mol. The third kappa shape index (κ3) is 2.65. The van der Waals surface area contributed by atoms with Crippen LogP contribution in [0, 0.1) is 16.0 Å². The number of anilines is 1.